The first-order valence-corrected chi connectivity index (χ1v) is 7.90. The van der Waals surface area contributed by atoms with E-state index in [1.165, 1.54) is 6.07 Å². The predicted molar refractivity (Wildman–Crippen MR) is 92.3 cm³/mol. The molecule has 0 saturated heterocycles. The standard InChI is InChI=1S/C20H18F5NO.W/c1-4-14(5-2)16(8-13(3)21)9-17(22)11-20(24,25)27-18-7-6-15(12-26)19(23)10-18;/h6-11,14H,1-2,4-5H2,3H3;/q-2;+2/b13-8+,16-9+,17-11-;. The molecular weight excluding hydrogens is 549 g/mol. The summed E-state index contributed by atoms with van der Waals surface area (Å²) >= 11 is 0. The third-order valence-electron chi connectivity index (χ3n) is 3.46. The summed E-state index contributed by atoms with van der Waals surface area (Å²) < 4.78 is 72.7. The molecule has 0 fully saturated rings. The molecular formula is C20H18F5NOW. The van der Waals surface area contributed by atoms with E-state index in [4.69, 9.17) is 5.26 Å². The molecule has 0 bridgehead atoms. The number of benzene rings is 1. The Balaban J connectivity index is 0.00000729. The van der Waals surface area contributed by atoms with Crippen LogP contribution in [0.3, 0.4) is 0 Å². The molecule has 0 atom stereocenters. The van der Waals surface area contributed by atoms with E-state index in [1.54, 1.807) is 0 Å². The summed E-state index contributed by atoms with van der Waals surface area (Å²) in [5.74, 6) is -4.05. The SMILES string of the molecule is [CH2-]CC(C[CH2-])C(=C/C(F)=C/C(F)(F)Oc1ccc(C#N)c(F)c1)/C=C(\C)F.[W+2]. The van der Waals surface area contributed by atoms with Crippen LogP contribution >= 0.6 is 0 Å². The minimum atomic E-state index is -4.11. The second-order valence-electron chi connectivity index (χ2n) is 5.60. The average molecular weight is 567 g/mol. The van der Waals surface area contributed by atoms with Crippen LogP contribution in [0.5, 0.6) is 5.75 Å². The largest absolute Gasteiger partial charge is 2.00 e. The van der Waals surface area contributed by atoms with Crippen molar-refractivity contribution in [3.8, 4) is 11.8 Å². The molecule has 0 aromatic heterocycles. The Morgan fingerprint density at radius 2 is 1.86 bits per heavy atom. The topological polar surface area (TPSA) is 33.0 Å². The molecule has 8 heteroatoms. The Morgan fingerprint density at radius 3 is 2.32 bits per heavy atom. The summed E-state index contributed by atoms with van der Waals surface area (Å²) in [5.41, 5.74) is -0.227. The summed E-state index contributed by atoms with van der Waals surface area (Å²) in [5, 5.41) is 8.61. The number of rotatable bonds is 8. The smallest absolute Gasteiger partial charge is 0.429 e. The van der Waals surface area contributed by atoms with Crippen LogP contribution < -0.4 is 4.74 Å². The Kier molecular flexibility index (Phi) is 11.0. The third-order valence-corrected chi connectivity index (χ3v) is 3.46. The summed E-state index contributed by atoms with van der Waals surface area (Å²) in [4.78, 5) is 0. The average Bonchev–Trinajstić information content (AvgIpc) is 2.54. The molecule has 0 aliphatic heterocycles. The van der Waals surface area contributed by atoms with Crippen LogP contribution in [-0.4, -0.2) is 6.11 Å². The summed E-state index contributed by atoms with van der Waals surface area (Å²) in [6.07, 6.45) is -1.92. The van der Waals surface area contributed by atoms with Gasteiger partial charge in [0.05, 0.1) is 17.5 Å². The Hall–Kier alpha value is -1.93. The molecule has 0 heterocycles. The molecule has 2 nitrogen and oxygen atoms in total. The number of ether oxygens (including phenoxy) is 1. The quantitative estimate of drug-likeness (QED) is 0.208. The molecule has 150 valence electrons. The molecule has 0 aliphatic carbocycles. The van der Waals surface area contributed by atoms with Gasteiger partial charge in [-0.3, -0.25) is 0 Å². The van der Waals surface area contributed by atoms with Crippen molar-refractivity contribution >= 4 is 0 Å². The molecule has 28 heavy (non-hydrogen) atoms. The first kappa shape index (κ1) is 26.1. The number of hydrogen-bond donors (Lipinski definition) is 0. The number of halogens is 5. The molecule has 1 aromatic rings. The molecule has 0 aliphatic rings. The van der Waals surface area contributed by atoms with Crippen molar-refractivity contribution in [2.45, 2.75) is 25.9 Å². The molecule has 1 aromatic carbocycles. The second kappa shape index (κ2) is 11.8. The number of nitrogens with zero attached hydrogens (tertiary/aromatic N) is 1. The molecule has 0 radical (unpaired) electrons. The fraction of sp³-hybridized carbons (Fsp3) is 0.250. The fourth-order valence-corrected chi connectivity index (χ4v) is 2.18. The van der Waals surface area contributed by atoms with E-state index < -0.39 is 35.2 Å². The first-order valence-electron chi connectivity index (χ1n) is 7.90. The Morgan fingerprint density at radius 1 is 1.25 bits per heavy atom. The van der Waals surface area contributed by atoms with Gasteiger partial charge in [0.1, 0.15) is 23.5 Å². The zero-order valence-electron chi connectivity index (χ0n) is 15.0. The van der Waals surface area contributed by atoms with Gasteiger partial charge in [-0.15, -0.1) is 0 Å². The Bertz CT molecular complexity index is 788. The zero-order valence-corrected chi connectivity index (χ0v) is 18.0. The Labute approximate surface area is 175 Å². The predicted octanol–water partition coefficient (Wildman–Crippen LogP) is 6.38. The first-order chi connectivity index (χ1) is 12.6. The van der Waals surface area contributed by atoms with Crippen LogP contribution in [-0.2, 0) is 21.1 Å². The minimum Gasteiger partial charge on any atom is -0.429 e. The number of hydrogen-bond acceptors (Lipinski definition) is 2. The third kappa shape index (κ3) is 8.39. The second-order valence-corrected chi connectivity index (χ2v) is 5.60. The number of nitriles is 1. The number of allylic oxidation sites excluding steroid dienone is 5. The monoisotopic (exact) mass is 567 g/mol. The van der Waals surface area contributed by atoms with Gasteiger partial charge in [0, 0.05) is 6.07 Å². The summed E-state index contributed by atoms with van der Waals surface area (Å²) in [7, 11) is 0. The fourth-order valence-electron chi connectivity index (χ4n) is 2.18. The maximum absolute atomic E-state index is 14.0. The zero-order chi connectivity index (χ0) is 20.6. The van der Waals surface area contributed by atoms with Gasteiger partial charge in [0.15, 0.2) is 0 Å². The van der Waals surface area contributed by atoms with Crippen molar-refractivity contribution < 1.29 is 47.8 Å². The van der Waals surface area contributed by atoms with E-state index in [0.29, 0.717) is 6.07 Å². The van der Waals surface area contributed by atoms with E-state index >= 15 is 0 Å². The van der Waals surface area contributed by atoms with Crippen molar-refractivity contribution in [3.63, 3.8) is 0 Å². The maximum atomic E-state index is 14.0. The molecule has 0 amide bonds. The van der Waals surface area contributed by atoms with Gasteiger partial charge in [0.25, 0.3) is 0 Å². The van der Waals surface area contributed by atoms with E-state index in [9.17, 15) is 22.0 Å². The van der Waals surface area contributed by atoms with Gasteiger partial charge < -0.3 is 18.6 Å². The van der Waals surface area contributed by atoms with Crippen LogP contribution in [0.25, 0.3) is 0 Å². The summed E-state index contributed by atoms with van der Waals surface area (Å²) in [6.45, 7) is 8.41. The molecule has 1 rings (SSSR count). The number of alkyl halides is 2. The van der Waals surface area contributed by atoms with E-state index in [0.717, 1.165) is 31.2 Å². The minimum absolute atomic E-state index is 0. The molecule has 0 saturated carbocycles. The van der Waals surface area contributed by atoms with E-state index in [-0.39, 0.29) is 51.1 Å². The maximum Gasteiger partial charge on any atom is 2.00 e. The van der Waals surface area contributed by atoms with Gasteiger partial charge in [0.2, 0.25) is 0 Å². The van der Waals surface area contributed by atoms with Gasteiger partial charge in [-0.25, -0.2) is 13.2 Å². The van der Waals surface area contributed by atoms with Crippen LogP contribution in [0.4, 0.5) is 22.0 Å². The van der Waals surface area contributed by atoms with Crippen LogP contribution in [0, 0.1) is 36.9 Å². The van der Waals surface area contributed by atoms with Crippen LogP contribution in [0.1, 0.15) is 25.3 Å². The molecule has 0 spiro atoms. The van der Waals surface area contributed by atoms with Gasteiger partial charge in [-0.2, -0.15) is 26.9 Å². The summed E-state index contributed by atoms with van der Waals surface area (Å²) in [6, 6.07) is 4.04. The molecule has 0 N–H and O–H groups in total. The van der Waals surface area contributed by atoms with E-state index in [2.05, 4.69) is 18.6 Å². The van der Waals surface area contributed by atoms with Crippen molar-refractivity contribution in [3.05, 3.63) is 78.9 Å². The normalized spacial score (nSPS) is 13.2. The van der Waals surface area contributed by atoms with Crippen molar-refractivity contribution in [2.24, 2.45) is 5.92 Å². The van der Waals surface area contributed by atoms with Crippen molar-refractivity contribution in [1.29, 1.82) is 5.26 Å². The van der Waals surface area contributed by atoms with Gasteiger partial charge >= 0.3 is 27.2 Å². The van der Waals surface area contributed by atoms with Crippen LogP contribution in [0.2, 0.25) is 0 Å². The van der Waals surface area contributed by atoms with Crippen LogP contribution in [0.15, 0.2) is 53.7 Å². The van der Waals surface area contributed by atoms with Crippen molar-refractivity contribution in [1.82, 2.24) is 0 Å². The van der Waals surface area contributed by atoms with E-state index in [1.807, 2.05) is 0 Å². The van der Waals surface area contributed by atoms with Gasteiger partial charge in [-0.05, 0) is 36.8 Å². The molecule has 0 unspecified atom stereocenters. The van der Waals surface area contributed by atoms with Gasteiger partial charge in [-0.1, -0.05) is 5.92 Å². The van der Waals surface area contributed by atoms with Crippen molar-refractivity contribution in [2.75, 3.05) is 0 Å².